The molecule has 2 amide bonds. The Labute approximate surface area is 136 Å². The molecule has 0 saturated carbocycles. The van der Waals surface area contributed by atoms with Crippen LogP contribution in [0.1, 0.15) is 26.7 Å². The minimum atomic E-state index is -0.247. The zero-order valence-corrected chi connectivity index (χ0v) is 13.6. The number of benzene rings is 1. The predicted octanol–water partition coefficient (Wildman–Crippen LogP) is 1.96. The van der Waals surface area contributed by atoms with Gasteiger partial charge >= 0.3 is 0 Å². The fourth-order valence-corrected chi connectivity index (χ4v) is 2.37. The van der Waals surface area contributed by atoms with Gasteiger partial charge in [0, 0.05) is 24.8 Å². The van der Waals surface area contributed by atoms with E-state index in [-0.39, 0.29) is 30.4 Å². The summed E-state index contributed by atoms with van der Waals surface area (Å²) < 4.78 is 10.8. The minimum Gasteiger partial charge on any atom is -0.491 e. The number of ether oxygens (including phenoxy) is 2. The van der Waals surface area contributed by atoms with Crippen LogP contribution in [0.2, 0.25) is 0 Å². The summed E-state index contributed by atoms with van der Waals surface area (Å²) >= 11 is 0. The van der Waals surface area contributed by atoms with Crippen molar-refractivity contribution in [3.8, 4) is 5.75 Å². The third kappa shape index (κ3) is 5.90. The number of anilines is 1. The van der Waals surface area contributed by atoms with E-state index in [9.17, 15) is 9.59 Å². The largest absolute Gasteiger partial charge is 0.491 e. The molecule has 0 bridgehead atoms. The normalized spacial score (nSPS) is 15.3. The molecule has 1 aliphatic heterocycles. The van der Waals surface area contributed by atoms with E-state index in [1.807, 2.05) is 13.8 Å². The van der Waals surface area contributed by atoms with Gasteiger partial charge < -0.3 is 20.1 Å². The summed E-state index contributed by atoms with van der Waals surface area (Å²) in [6.07, 6.45) is 1.53. The Kier molecular flexibility index (Phi) is 6.40. The quantitative estimate of drug-likeness (QED) is 0.840. The highest BCUT2D eigenvalue weighted by molar-refractivity contribution is 5.94. The highest BCUT2D eigenvalue weighted by atomic mass is 16.5. The number of amides is 2. The van der Waals surface area contributed by atoms with Crippen molar-refractivity contribution >= 4 is 17.5 Å². The second kappa shape index (κ2) is 8.53. The molecule has 0 atom stereocenters. The Hall–Kier alpha value is -2.08. The van der Waals surface area contributed by atoms with Gasteiger partial charge in [0.25, 0.3) is 0 Å². The van der Waals surface area contributed by atoms with E-state index in [1.165, 1.54) is 0 Å². The van der Waals surface area contributed by atoms with Gasteiger partial charge in [0.15, 0.2) is 0 Å². The zero-order valence-electron chi connectivity index (χ0n) is 13.6. The summed E-state index contributed by atoms with van der Waals surface area (Å²) in [5.74, 6) is 0.377. The first kappa shape index (κ1) is 17.3. The average molecular weight is 320 g/mol. The molecule has 1 aromatic rings. The van der Waals surface area contributed by atoms with E-state index in [0.29, 0.717) is 31.7 Å². The lowest BCUT2D eigenvalue weighted by molar-refractivity contribution is -0.129. The molecular weight excluding hydrogens is 296 g/mol. The van der Waals surface area contributed by atoms with Gasteiger partial charge in [-0.1, -0.05) is 0 Å². The van der Waals surface area contributed by atoms with Crippen LogP contribution in [0.5, 0.6) is 5.75 Å². The molecular formula is C17H24N2O4. The van der Waals surface area contributed by atoms with Crippen LogP contribution in [-0.4, -0.2) is 37.7 Å². The SMILES string of the molecule is CC(C)Oc1ccc(NC(=O)CNC(=O)C2CCOCC2)cc1. The highest BCUT2D eigenvalue weighted by Gasteiger charge is 2.21. The molecule has 0 aromatic heterocycles. The average Bonchev–Trinajstić information content (AvgIpc) is 2.55. The van der Waals surface area contributed by atoms with Crippen LogP contribution >= 0.6 is 0 Å². The number of hydrogen-bond acceptors (Lipinski definition) is 4. The Bertz CT molecular complexity index is 522. The van der Waals surface area contributed by atoms with Gasteiger partial charge in [0.05, 0.1) is 12.6 Å². The maximum Gasteiger partial charge on any atom is 0.243 e. The van der Waals surface area contributed by atoms with Crippen LogP contribution in [0.15, 0.2) is 24.3 Å². The van der Waals surface area contributed by atoms with Gasteiger partial charge in [-0.15, -0.1) is 0 Å². The van der Waals surface area contributed by atoms with Crippen molar-refractivity contribution < 1.29 is 19.1 Å². The van der Waals surface area contributed by atoms with Gasteiger partial charge in [-0.3, -0.25) is 9.59 Å². The van der Waals surface area contributed by atoms with Crippen LogP contribution in [0.4, 0.5) is 5.69 Å². The van der Waals surface area contributed by atoms with Crippen molar-refractivity contribution in [1.82, 2.24) is 5.32 Å². The minimum absolute atomic E-state index is 0.0273. The molecule has 2 rings (SSSR count). The summed E-state index contributed by atoms with van der Waals surface area (Å²) in [7, 11) is 0. The summed E-state index contributed by atoms with van der Waals surface area (Å²) in [5.41, 5.74) is 0.673. The lowest BCUT2D eigenvalue weighted by Gasteiger charge is -2.21. The molecule has 1 saturated heterocycles. The lowest BCUT2D eigenvalue weighted by Crippen LogP contribution is -2.38. The van der Waals surface area contributed by atoms with E-state index < -0.39 is 0 Å². The van der Waals surface area contributed by atoms with Gasteiger partial charge in [0.2, 0.25) is 11.8 Å². The van der Waals surface area contributed by atoms with Crippen LogP contribution in [-0.2, 0) is 14.3 Å². The molecule has 6 nitrogen and oxygen atoms in total. The molecule has 0 aliphatic carbocycles. The van der Waals surface area contributed by atoms with Crippen LogP contribution in [0.25, 0.3) is 0 Å². The lowest BCUT2D eigenvalue weighted by atomic mass is 9.99. The van der Waals surface area contributed by atoms with Crippen LogP contribution in [0, 0.1) is 5.92 Å². The van der Waals surface area contributed by atoms with Crippen molar-refractivity contribution in [2.75, 3.05) is 25.1 Å². The van der Waals surface area contributed by atoms with E-state index in [1.54, 1.807) is 24.3 Å². The summed E-state index contributed by atoms with van der Waals surface area (Å²) in [6, 6.07) is 7.15. The van der Waals surface area contributed by atoms with Crippen molar-refractivity contribution in [2.24, 2.45) is 5.92 Å². The first-order valence-corrected chi connectivity index (χ1v) is 7.96. The fraction of sp³-hybridized carbons (Fsp3) is 0.529. The Balaban J connectivity index is 1.74. The first-order valence-electron chi connectivity index (χ1n) is 7.96. The Morgan fingerprint density at radius 2 is 1.87 bits per heavy atom. The topological polar surface area (TPSA) is 76.7 Å². The van der Waals surface area contributed by atoms with E-state index in [4.69, 9.17) is 9.47 Å². The molecule has 1 aliphatic rings. The molecule has 23 heavy (non-hydrogen) atoms. The Morgan fingerprint density at radius 3 is 2.48 bits per heavy atom. The van der Waals surface area contributed by atoms with Crippen molar-refractivity contribution in [1.29, 1.82) is 0 Å². The molecule has 126 valence electrons. The molecule has 1 aromatic carbocycles. The Morgan fingerprint density at radius 1 is 1.22 bits per heavy atom. The zero-order chi connectivity index (χ0) is 16.7. The van der Waals surface area contributed by atoms with E-state index in [0.717, 1.165) is 5.75 Å². The summed E-state index contributed by atoms with van der Waals surface area (Å²) in [5, 5.41) is 5.43. The number of carbonyl (C=O) groups excluding carboxylic acids is 2. The maximum atomic E-state index is 11.9. The second-order valence-electron chi connectivity index (χ2n) is 5.84. The first-order chi connectivity index (χ1) is 11.0. The molecule has 0 spiro atoms. The molecule has 1 fully saturated rings. The highest BCUT2D eigenvalue weighted by Crippen LogP contribution is 2.17. The third-order valence-electron chi connectivity index (χ3n) is 3.53. The number of rotatable bonds is 6. The summed E-state index contributed by atoms with van der Waals surface area (Å²) in [4.78, 5) is 23.8. The standard InChI is InChI=1S/C17H24N2O4/c1-12(2)23-15-5-3-14(4-6-15)19-16(20)11-18-17(21)13-7-9-22-10-8-13/h3-6,12-13H,7-11H2,1-2H3,(H,18,21)(H,19,20). The predicted molar refractivity (Wildman–Crippen MR) is 87.4 cm³/mol. The second-order valence-corrected chi connectivity index (χ2v) is 5.84. The van der Waals surface area contributed by atoms with Gasteiger partial charge in [-0.05, 0) is 51.0 Å². The van der Waals surface area contributed by atoms with Gasteiger partial charge in [-0.2, -0.15) is 0 Å². The number of carbonyl (C=O) groups is 2. The number of hydrogen-bond donors (Lipinski definition) is 2. The van der Waals surface area contributed by atoms with Crippen LogP contribution < -0.4 is 15.4 Å². The van der Waals surface area contributed by atoms with E-state index in [2.05, 4.69) is 10.6 Å². The monoisotopic (exact) mass is 320 g/mol. The van der Waals surface area contributed by atoms with Gasteiger partial charge in [0.1, 0.15) is 5.75 Å². The summed E-state index contributed by atoms with van der Waals surface area (Å²) in [6.45, 7) is 5.10. The molecule has 1 heterocycles. The maximum absolute atomic E-state index is 11.9. The van der Waals surface area contributed by atoms with E-state index >= 15 is 0 Å². The smallest absolute Gasteiger partial charge is 0.243 e. The molecule has 0 radical (unpaired) electrons. The molecule has 6 heteroatoms. The number of nitrogens with one attached hydrogen (secondary N) is 2. The fourth-order valence-electron chi connectivity index (χ4n) is 2.37. The van der Waals surface area contributed by atoms with Crippen molar-refractivity contribution in [3.63, 3.8) is 0 Å². The van der Waals surface area contributed by atoms with Gasteiger partial charge in [-0.25, -0.2) is 0 Å². The van der Waals surface area contributed by atoms with Crippen LogP contribution in [0.3, 0.4) is 0 Å². The van der Waals surface area contributed by atoms with Crippen molar-refractivity contribution in [3.05, 3.63) is 24.3 Å². The van der Waals surface area contributed by atoms with Crippen molar-refractivity contribution in [2.45, 2.75) is 32.8 Å². The molecule has 2 N–H and O–H groups in total. The third-order valence-corrected chi connectivity index (χ3v) is 3.53. The molecule has 0 unspecified atom stereocenters.